The summed E-state index contributed by atoms with van der Waals surface area (Å²) in [4.78, 5) is 19.3. The molecule has 2 heterocycles. The van der Waals surface area contributed by atoms with E-state index in [2.05, 4.69) is 20.4 Å². The topological polar surface area (TPSA) is 72.7 Å². The van der Waals surface area contributed by atoms with Crippen molar-refractivity contribution in [1.82, 2.24) is 19.7 Å². The van der Waals surface area contributed by atoms with E-state index >= 15 is 0 Å². The number of pyridine rings is 1. The van der Waals surface area contributed by atoms with E-state index in [9.17, 15) is 4.79 Å². The Kier molecular flexibility index (Phi) is 3.34. The fourth-order valence-corrected chi connectivity index (χ4v) is 1.44. The van der Waals surface area contributed by atoms with Crippen LogP contribution in [0.25, 0.3) is 0 Å². The SMILES string of the molecule is Cc1cnc(Cl)c(NC(=O)Cn2cncn2)c1. The number of nitrogens with zero attached hydrogens (tertiary/aromatic N) is 4. The largest absolute Gasteiger partial charge is 0.322 e. The lowest BCUT2D eigenvalue weighted by Gasteiger charge is -2.07. The third-order valence-electron chi connectivity index (χ3n) is 2.02. The molecule has 1 N–H and O–H groups in total. The molecule has 0 aliphatic rings. The molecule has 2 aromatic heterocycles. The smallest absolute Gasteiger partial charge is 0.246 e. The van der Waals surface area contributed by atoms with Gasteiger partial charge in [0, 0.05) is 6.20 Å². The van der Waals surface area contributed by atoms with Gasteiger partial charge in [-0.25, -0.2) is 14.6 Å². The average Bonchev–Trinajstić information content (AvgIpc) is 2.76. The van der Waals surface area contributed by atoms with E-state index in [1.54, 1.807) is 12.3 Å². The molecular formula is C10H10ClN5O. The predicted molar refractivity (Wildman–Crippen MR) is 62.6 cm³/mol. The molecule has 0 aromatic carbocycles. The minimum absolute atomic E-state index is 0.0876. The van der Waals surface area contributed by atoms with Crippen molar-refractivity contribution in [1.29, 1.82) is 0 Å². The summed E-state index contributed by atoms with van der Waals surface area (Å²) in [5, 5.41) is 6.77. The maximum atomic E-state index is 11.7. The first kappa shape index (κ1) is 11.5. The number of amides is 1. The summed E-state index contributed by atoms with van der Waals surface area (Å²) in [6, 6.07) is 1.76. The highest BCUT2D eigenvalue weighted by molar-refractivity contribution is 6.32. The molecule has 7 heteroatoms. The van der Waals surface area contributed by atoms with Crippen LogP contribution in [-0.4, -0.2) is 25.7 Å². The lowest BCUT2D eigenvalue weighted by molar-refractivity contribution is -0.116. The number of halogens is 1. The average molecular weight is 252 g/mol. The molecule has 1 amide bonds. The molecular weight excluding hydrogens is 242 g/mol. The minimum Gasteiger partial charge on any atom is -0.322 e. The van der Waals surface area contributed by atoms with Crippen LogP contribution in [0.15, 0.2) is 24.9 Å². The summed E-state index contributed by atoms with van der Waals surface area (Å²) >= 11 is 5.86. The Hall–Kier alpha value is -1.95. The van der Waals surface area contributed by atoms with Crippen LogP contribution in [0, 0.1) is 6.92 Å². The highest BCUT2D eigenvalue weighted by Crippen LogP contribution is 2.19. The van der Waals surface area contributed by atoms with E-state index < -0.39 is 0 Å². The fraction of sp³-hybridized carbons (Fsp3) is 0.200. The van der Waals surface area contributed by atoms with Crippen molar-refractivity contribution in [3.63, 3.8) is 0 Å². The molecule has 0 saturated heterocycles. The van der Waals surface area contributed by atoms with E-state index in [0.717, 1.165) is 5.56 Å². The number of anilines is 1. The molecule has 0 atom stereocenters. The van der Waals surface area contributed by atoms with Gasteiger partial charge in [0.1, 0.15) is 19.2 Å². The van der Waals surface area contributed by atoms with Gasteiger partial charge in [0.25, 0.3) is 0 Å². The molecule has 17 heavy (non-hydrogen) atoms. The molecule has 0 spiro atoms. The zero-order valence-electron chi connectivity index (χ0n) is 9.09. The van der Waals surface area contributed by atoms with E-state index in [1.165, 1.54) is 17.3 Å². The summed E-state index contributed by atoms with van der Waals surface area (Å²) in [7, 11) is 0. The first-order chi connectivity index (χ1) is 8.15. The lowest BCUT2D eigenvalue weighted by Crippen LogP contribution is -2.19. The van der Waals surface area contributed by atoms with Gasteiger partial charge in [0.15, 0.2) is 5.15 Å². The highest BCUT2D eigenvalue weighted by Gasteiger charge is 2.07. The van der Waals surface area contributed by atoms with Gasteiger partial charge >= 0.3 is 0 Å². The molecule has 0 saturated carbocycles. The van der Waals surface area contributed by atoms with Crippen molar-refractivity contribution in [2.45, 2.75) is 13.5 Å². The monoisotopic (exact) mass is 251 g/mol. The van der Waals surface area contributed by atoms with Gasteiger partial charge in [0.05, 0.1) is 5.69 Å². The molecule has 0 bridgehead atoms. The number of carbonyl (C=O) groups is 1. The number of rotatable bonds is 3. The van der Waals surface area contributed by atoms with E-state index in [1.807, 2.05) is 6.92 Å². The van der Waals surface area contributed by atoms with Gasteiger partial charge in [-0.1, -0.05) is 11.6 Å². The molecule has 6 nitrogen and oxygen atoms in total. The summed E-state index contributed by atoms with van der Waals surface area (Å²) in [6.45, 7) is 1.96. The Balaban J connectivity index is 2.05. The number of aryl methyl sites for hydroxylation is 1. The van der Waals surface area contributed by atoms with Gasteiger partial charge < -0.3 is 5.32 Å². The van der Waals surface area contributed by atoms with Crippen LogP contribution < -0.4 is 5.32 Å². The highest BCUT2D eigenvalue weighted by atomic mass is 35.5. The van der Waals surface area contributed by atoms with Gasteiger partial charge in [-0.05, 0) is 18.6 Å². The zero-order chi connectivity index (χ0) is 12.3. The first-order valence-corrected chi connectivity index (χ1v) is 5.27. The number of nitrogens with one attached hydrogen (secondary N) is 1. The number of aromatic nitrogens is 4. The van der Waals surface area contributed by atoms with Gasteiger partial charge in [-0.3, -0.25) is 4.79 Å². The van der Waals surface area contributed by atoms with Gasteiger partial charge in [-0.2, -0.15) is 5.10 Å². The van der Waals surface area contributed by atoms with Crippen molar-refractivity contribution >= 4 is 23.2 Å². The Labute approximate surface area is 103 Å². The maximum absolute atomic E-state index is 11.7. The van der Waals surface area contributed by atoms with Gasteiger partial charge in [0.2, 0.25) is 5.91 Å². The molecule has 0 aliphatic heterocycles. The van der Waals surface area contributed by atoms with E-state index in [0.29, 0.717) is 5.69 Å². The van der Waals surface area contributed by atoms with Gasteiger partial charge in [-0.15, -0.1) is 0 Å². The normalized spacial score (nSPS) is 10.2. The van der Waals surface area contributed by atoms with Crippen LogP contribution in [-0.2, 0) is 11.3 Å². The second-order valence-electron chi connectivity index (χ2n) is 3.49. The summed E-state index contributed by atoms with van der Waals surface area (Å²) in [6.07, 6.45) is 4.47. The second-order valence-corrected chi connectivity index (χ2v) is 3.85. The van der Waals surface area contributed by atoms with Crippen LogP contribution in [0.3, 0.4) is 0 Å². The van der Waals surface area contributed by atoms with Crippen molar-refractivity contribution in [3.05, 3.63) is 35.6 Å². The third kappa shape index (κ3) is 3.01. The first-order valence-electron chi connectivity index (χ1n) is 4.89. The summed E-state index contributed by atoms with van der Waals surface area (Å²) < 4.78 is 1.42. The number of hydrogen-bond acceptors (Lipinski definition) is 4. The van der Waals surface area contributed by atoms with Crippen molar-refractivity contribution in [2.75, 3.05) is 5.32 Å². The number of carbonyl (C=O) groups excluding carboxylic acids is 1. The fourth-order valence-electron chi connectivity index (χ4n) is 1.29. The molecule has 0 unspecified atom stereocenters. The maximum Gasteiger partial charge on any atom is 0.246 e. The molecule has 2 aromatic rings. The summed E-state index contributed by atoms with van der Waals surface area (Å²) in [5.74, 6) is -0.232. The summed E-state index contributed by atoms with van der Waals surface area (Å²) in [5.41, 5.74) is 1.42. The Morgan fingerprint density at radius 1 is 1.59 bits per heavy atom. The Morgan fingerprint density at radius 2 is 2.41 bits per heavy atom. The molecule has 88 valence electrons. The predicted octanol–water partition coefficient (Wildman–Crippen LogP) is 1.27. The van der Waals surface area contributed by atoms with Crippen LogP contribution in [0.2, 0.25) is 5.15 Å². The van der Waals surface area contributed by atoms with E-state index in [-0.39, 0.29) is 17.6 Å². The Morgan fingerprint density at radius 3 is 3.12 bits per heavy atom. The van der Waals surface area contributed by atoms with Crippen LogP contribution in [0.1, 0.15) is 5.56 Å². The van der Waals surface area contributed by atoms with Crippen molar-refractivity contribution < 1.29 is 4.79 Å². The molecule has 0 aliphatic carbocycles. The zero-order valence-corrected chi connectivity index (χ0v) is 9.85. The quantitative estimate of drug-likeness (QED) is 0.834. The number of hydrogen-bond donors (Lipinski definition) is 1. The lowest BCUT2D eigenvalue weighted by atomic mass is 10.3. The minimum atomic E-state index is -0.232. The Bertz CT molecular complexity index is 525. The van der Waals surface area contributed by atoms with Crippen molar-refractivity contribution in [2.24, 2.45) is 0 Å². The van der Waals surface area contributed by atoms with Crippen LogP contribution in [0.5, 0.6) is 0 Å². The van der Waals surface area contributed by atoms with Crippen molar-refractivity contribution in [3.8, 4) is 0 Å². The van der Waals surface area contributed by atoms with E-state index in [4.69, 9.17) is 11.6 Å². The standard InChI is InChI=1S/C10H10ClN5O/c1-7-2-8(10(11)13-3-7)15-9(17)4-16-6-12-5-14-16/h2-3,5-6H,4H2,1H3,(H,15,17). The second kappa shape index (κ2) is 4.92. The third-order valence-corrected chi connectivity index (χ3v) is 2.32. The van der Waals surface area contributed by atoms with Crippen LogP contribution in [0.4, 0.5) is 5.69 Å². The molecule has 2 rings (SSSR count). The van der Waals surface area contributed by atoms with Crippen LogP contribution >= 0.6 is 11.6 Å². The molecule has 0 radical (unpaired) electrons. The molecule has 0 fully saturated rings.